The van der Waals surface area contributed by atoms with Crippen molar-refractivity contribution in [2.24, 2.45) is 11.7 Å². The van der Waals surface area contributed by atoms with Gasteiger partial charge in [-0.15, -0.1) is 11.3 Å². The van der Waals surface area contributed by atoms with E-state index >= 15 is 0 Å². The highest BCUT2D eigenvalue weighted by molar-refractivity contribution is 7.19. The second-order valence-corrected chi connectivity index (χ2v) is 10.3. The molecule has 3 aromatic heterocycles. The molecule has 33 heavy (non-hydrogen) atoms. The molecule has 3 heterocycles. The van der Waals surface area contributed by atoms with Gasteiger partial charge in [0.1, 0.15) is 17.0 Å². The van der Waals surface area contributed by atoms with Crippen molar-refractivity contribution < 1.29 is 9.90 Å². The Kier molecular flexibility index (Phi) is 6.11. The minimum atomic E-state index is -0.672. The number of rotatable bonds is 7. The number of aliphatic hydroxyl groups is 1. The Labute approximate surface area is 197 Å². The summed E-state index contributed by atoms with van der Waals surface area (Å²) in [5.41, 5.74) is 8.74. The topological polar surface area (TPSA) is 146 Å². The van der Waals surface area contributed by atoms with Crippen LogP contribution in [0.1, 0.15) is 23.3 Å². The molecule has 0 spiro atoms. The molecule has 6 N–H and O–H groups in total. The van der Waals surface area contributed by atoms with E-state index in [-0.39, 0.29) is 23.8 Å². The number of hydrogen-bond donors (Lipinski definition) is 5. The number of thiazole rings is 1. The number of aromatic nitrogens is 3. The van der Waals surface area contributed by atoms with Crippen LogP contribution < -0.4 is 21.2 Å². The molecule has 0 aliphatic heterocycles. The number of thiophene rings is 1. The smallest absolute Gasteiger partial charge is 0.305 e. The van der Waals surface area contributed by atoms with Gasteiger partial charge in [0.2, 0.25) is 5.91 Å². The molecule has 172 valence electrons. The van der Waals surface area contributed by atoms with Gasteiger partial charge in [-0.05, 0) is 55.4 Å². The first-order valence-corrected chi connectivity index (χ1v) is 12.4. The third-order valence-electron chi connectivity index (χ3n) is 5.97. The van der Waals surface area contributed by atoms with Crippen LogP contribution in [0.5, 0.6) is 0 Å². The van der Waals surface area contributed by atoms with Crippen molar-refractivity contribution in [3.05, 3.63) is 44.6 Å². The van der Waals surface area contributed by atoms with E-state index in [0.29, 0.717) is 12.5 Å². The highest BCUT2D eigenvalue weighted by Crippen LogP contribution is 2.40. The minimum Gasteiger partial charge on any atom is -0.396 e. The van der Waals surface area contributed by atoms with Crippen molar-refractivity contribution >= 4 is 60.5 Å². The van der Waals surface area contributed by atoms with Gasteiger partial charge in [0.05, 0.1) is 21.6 Å². The highest BCUT2D eigenvalue weighted by atomic mass is 32.1. The highest BCUT2D eigenvalue weighted by Gasteiger charge is 2.26. The van der Waals surface area contributed by atoms with Crippen LogP contribution in [-0.4, -0.2) is 45.2 Å². The maximum atomic E-state index is 12.1. The maximum Gasteiger partial charge on any atom is 0.305 e. The van der Waals surface area contributed by atoms with Crippen molar-refractivity contribution in [2.75, 3.05) is 18.5 Å². The molecular formula is C22H24N6O3S2. The third-order valence-corrected chi connectivity index (χ3v) is 7.98. The van der Waals surface area contributed by atoms with Crippen LogP contribution in [0.2, 0.25) is 0 Å². The molecule has 5 rings (SSSR count). The SMILES string of the molecule is N[C@@H](CCO)C(=O)NCC1CCc2c(sc3ncnc(Nc4ccc5[nH]c(=O)sc5c4)c23)C1. The summed E-state index contributed by atoms with van der Waals surface area (Å²) >= 11 is 2.86. The number of amides is 1. The third kappa shape index (κ3) is 4.49. The molecule has 4 aromatic rings. The van der Waals surface area contributed by atoms with Gasteiger partial charge in [-0.1, -0.05) is 11.3 Å². The van der Waals surface area contributed by atoms with E-state index in [2.05, 4.69) is 25.6 Å². The van der Waals surface area contributed by atoms with Crippen molar-refractivity contribution in [2.45, 2.75) is 31.7 Å². The number of fused-ring (bicyclic) bond motifs is 4. The largest absolute Gasteiger partial charge is 0.396 e. The first-order valence-electron chi connectivity index (χ1n) is 10.8. The zero-order chi connectivity index (χ0) is 22.9. The Bertz CT molecular complexity index is 1380. The predicted octanol–water partition coefficient (Wildman–Crippen LogP) is 2.27. The Morgan fingerprint density at radius 1 is 1.33 bits per heavy atom. The number of nitrogens with two attached hydrogens (primary N) is 1. The van der Waals surface area contributed by atoms with Crippen molar-refractivity contribution in [1.82, 2.24) is 20.3 Å². The van der Waals surface area contributed by atoms with Crippen LogP contribution in [0.15, 0.2) is 29.3 Å². The number of aryl methyl sites for hydroxylation is 1. The zero-order valence-electron chi connectivity index (χ0n) is 17.8. The monoisotopic (exact) mass is 484 g/mol. The molecule has 0 saturated carbocycles. The first-order chi connectivity index (χ1) is 16.0. The Morgan fingerprint density at radius 2 is 2.21 bits per heavy atom. The normalized spacial score (nSPS) is 16.6. The molecule has 11 heteroatoms. The molecule has 1 aromatic carbocycles. The molecule has 0 fully saturated rings. The summed E-state index contributed by atoms with van der Waals surface area (Å²) in [6, 6.07) is 5.10. The quantitative estimate of drug-likeness (QED) is 0.270. The summed E-state index contributed by atoms with van der Waals surface area (Å²) in [6.07, 6.45) is 4.54. The Morgan fingerprint density at radius 3 is 3.06 bits per heavy atom. The minimum absolute atomic E-state index is 0.0698. The van der Waals surface area contributed by atoms with E-state index in [4.69, 9.17) is 10.8 Å². The summed E-state index contributed by atoms with van der Waals surface area (Å²) < 4.78 is 0.895. The van der Waals surface area contributed by atoms with Crippen LogP contribution in [0.3, 0.4) is 0 Å². The van der Waals surface area contributed by atoms with E-state index in [1.807, 2.05) is 18.2 Å². The lowest BCUT2D eigenvalue weighted by molar-refractivity contribution is -0.122. The summed E-state index contributed by atoms with van der Waals surface area (Å²) in [4.78, 5) is 37.7. The lowest BCUT2D eigenvalue weighted by Gasteiger charge is -2.23. The fraction of sp³-hybridized carbons (Fsp3) is 0.364. The van der Waals surface area contributed by atoms with Gasteiger partial charge in [0.25, 0.3) is 0 Å². The number of carbonyl (C=O) groups excluding carboxylic acids is 1. The lowest BCUT2D eigenvalue weighted by Crippen LogP contribution is -2.43. The van der Waals surface area contributed by atoms with E-state index < -0.39 is 6.04 Å². The van der Waals surface area contributed by atoms with Crippen LogP contribution in [0.25, 0.3) is 20.4 Å². The second-order valence-electron chi connectivity index (χ2n) is 8.23. The molecule has 0 saturated heterocycles. The van der Waals surface area contributed by atoms with Gasteiger partial charge < -0.3 is 26.5 Å². The van der Waals surface area contributed by atoms with E-state index in [9.17, 15) is 9.59 Å². The number of carbonyl (C=O) groups is 1. The number of aliphatic hydroxyl groups excluding tert-OH is 1. The van der Waals surface area contributed by atoms with Gasteiger partial charge in [0, 0.05) is 23.7 Å². The summed E-state index contributed by atoms with van der Waals surface area (Å²) in [5, 5.41) is 16.3. The summed E-state index contributed by atoms with van der Waals surface area (Å²) in [7, 11) is 0. The fourth-order valence-corrected chi connectivity index (χ4v) is 6.33. The second kappa shape index (κ2) is 9.18. The number of nitrogens with zero attached hydrogens (tertiary/aromatic N) is 2. The maximum absolute atomic E-state index is 12.1. The number of aromatic amines is 1. The van der Waals surface area contributed by atoms with Crippen LogP contribution >= 0.6 is 22.7 Å². The van der Waals surface area contributed by atoms with Crippen LogP contribution in [-0.2, 0) is 17.6 Å². The average Bonchev–Trinajstić information content (AvgIpc) is 3.36. The number of anilines is 2. The van der Waals surface area contributed by atoms with E-state index in [0.717, 1.165) is 51.2 Å². The lowest BCUT2D eigenvalue weighted by atomic mass is 9.87. The predicted molar refractivity (Wildman–Crippen MR) is 131 cm³/mol. The molecule has 0 bridgehead atoms. The van der Waals surface area contributed by atoms with Crippen molar-refractivity contribution in [1.29, 1.82) is 0 Å². The first kappa shape index (κ1) is 22.0. The number of nitrogens with one attached hydrogen (secondary N) is 3. The molecule has 9 nitrogen and oxygen atoms in total. The molecule has 1 unspecified atom stereocenters. The fourth-order valence-electron chi connectivity index (χ4n) is 4.25. The van der Waals surface area contributed by atoms with Crippen LogP contribution in [0, 0.1) is 5.92 Å². The number of benzene rings is 1. The van der Waals surface area contributed by atoms with E-state index in [1.54, 1.807) is 17.7 Å². The zero-order valence-corrected chi connectivity index (χ0v) is 19.4. The number of hydrogen-bond acceptors (Lipinski definition) is 9. The molecule has 1 aliphatic carbocycles. The Hall–Kier alpha value is -2.86. The van der Waals surface area contributed by atoms with Crippen molar-refractivity contribution in [3.8, 4) is 0 Å². The summed E-state index contributed by atoms with van der Waals surface area (Å²) in [5.74, 6) is 0.883. The summed E-state index contributed by atoms with van der Waals surface area (Å²) in [6.45, 7) is 0.474. The molecule has 1 aliphatic rings. The van der Waals surface area contributed by atoms with Crippen molar-refractivity contribution in [3.63, 3.8) is 0 Å². The average molecular weight is 485 g/mol. The Balaban J connectivity index is 1.35. The molecule has 1 amide bonds. The standard InChI is InChI=1S/C22H24N6O3S2/c23-14(5-6-29)20(30)24-9-11-1-3-13-16(7-11)32-21-18(13)19(25-10-26-21)27-12-2-4-15-17(8-12)33-22(31)28-15/h2,4,8,10-11,14,29H,1,3,5-7,9,23H2,(H,24,30)(H,28,31)(H,25,26,27)/t11?,14-/m0/s1. The van der Waals surface area contributed by atoms with Gasteiger partial charge >= 0.3 is 4.87 Å². The molecule has 2 atom stereocenters. The van der Waals surface area contributed by atoms with E-state index in [1.165, 1.54) is 21.8 Å². The molecular weight excluding hydrogens is 460 g/mol. The van der Waals surface area contributed by atoms with Gasteiger partial charge in [-0.25, -0.2) is 9.97 Å². The van der Waals surface area contributed by atoms with Crippen LogP contribution in [0.4, 0.5) is 11.5 Å². The number of H-pyrrole nitrogens is 1. The van der Waals surface area contributed by atoms with Gasteiger partial charge in [0.15, 0.2) is 0 Å². The molecule has 0 radical (unpaired) electrons. The van der Waals surface area contributed by atoms with Gasteiger partial charge in [-0.3, -0.25) is 9.59 Å². The van der Waals surface area contributed by atoms with Gasteiger partial charge in [-0.2, -0.15) is 0 Å².